The maximum absolute atomic E-state index is 12.7. The third-order valence-electron chi connectivity index (χ3n) is 5.11. The number of carbonyl (C=O) groups is 2. The number of nitrogens with two attached hydrogens (primary N) is 1. The van der Waals surface area contributed by atoms with Gasteiger partial charge in [-0.25, -0.2) is 0 Å². The number of nitrogen functional groups attached to an aromatic ring is 1. The molecule has 144 valence electrons. The molecule has 0 saturated carbocycles. The molecule has 2 amide bonds. The first-order valence-electron chi connectivity index (χ1n) is 9.13. The number of aryl methyl sites for hydroxylation is 1. The molecule has 2 heterocycles. The van der Waals surface area contributed by atoms with Crippen LogP contribution in [0.2, 0.25) is 0 Å². The summed E-state index contributed by atoms with van der Waals surface area (Å²) in [6, 6.07) is 7.66. The van der Waals surface area contributed by atoms with Crippen LogP contribution in [0.5, 0.6) is 0 Å². The molecule has 26 heavy (non-hydrogen) atoms. The quantitative estimate of drug-likeness (QED) is 0.806. The summed E-state index contributed by atoms with van der Waals surface area (Å²) in [6.07, 6.45) is 2.84. The number of piperidine rings is 1. The van der Waals surface area contributed by atoms with Crippen molar-refractivity contribution in [3.63, 3.8) is 0 Å². The van der Waals surface area contributed by atoms with E-state index in [4.69, 9.17) is 10.5 Å². The number of benzene rings is 1. The molecule has 1 atom stereocenters. The zero-order valence-electron chi connectivity index (χ0n) is 15.1. The molecule has 1 aromatic rings. The van der Waals surface area contributed by atoms with Crippen molar-refractivity contribution in [3.05, 3.63) is 29.8 Å². The summed E-state index contributed by atoms with van der Waals surface area (Å²) in [5, 5.41) is 0. The monoisotopic (exact) mass is 381 g/mol. The van der Waals surface area contributed by atoms with Gasteiger partial charge in [0.25, 0.3) is 0 Å². The highest BCUT2D eigenvalue weighted by Crippen LogP contribution is 2.21. The Bertz CT molecular complexity index is 620. The summed E-state index contributed by atoms with van der Waals surface area (Å²) in [5.41, 5.74) is 7.68. The van der Waals surface area contributed by atoms with E-state index in [0.717, 1.165) is 30.6 Å². The Balaban J connectivity index is 0.00000243. The highest BCUT2D eigenvalue weighted by molar-refractivity contribution is 5.85. The number of nitrogens with zero attached hydrogens (tertiary/aromatic N) is 2. The number of para-hydroxylation sites is 1. The lowest BCUT2D eigenvalue weighted by atomic mass is 9.95. The van der Waals surface area contributed by atoms with Gasteiger partial charge in [-0.2, -0.15) is 0 Å². The first-order valence-corrected chi connectivity index (χ1v) is 9.13. The first-order chi connectivity index (χ1) is 12.1. The Labute approximate surface area is 161 Å². The van der Waals surface area contributed by atoms with Gasteiger partial charge in [-0.05, 0) is 30.9 Å². The molecule has 0 aromatic heterocycles. The van der Waals surface area contributed by atoms with E-state index in [1.165, 1.54) is 0 Å². The van der Waals surface area contributed by atoms with Gasteiger partial charge < -0.3 is 20.3 Å². The van der Waals surface area contributed by atoms with Gasteiger partial charge in [0.2, 0.25) is 11.8 Å². The van der Waals surface area contributed by atoms with Crippen LogP contribution < -0.4 is 5.73 Å². The Morgan fingerprint density at radius 2 is 1.85 bits per heavy atom. The standard InChI is InChI=1S/C19H27N3O3.ClH/c20-17-6-2-1-4-15(17)7-8-18(23)22-9-3-5-16(14-22)19(24)21-10-12-25-13-11-21;/h1-2,4,6,16H,3,5,7-14,20H2;1H. The van der Waals surface area contributed by atoms with E-state index >= 15 is 0 Å². The molecular formula is C19H28ClN3O3. The van der Waals surface area contributed by atoms with E-state index < -0.39 is 0 Å². The van der Waals surface area contributed by atoms with E-state index in [-0.39, 0.29) is 30.1 Å². The van der Waals surface area contributed by atoms with Gasteiger partial charge in [0.15, 0.2) is 0 Å². The van der Waals surface area contributed by atoms with Crippen LogP contribution in [0.4, 0.5) is 5.69 Å². The van der Waals surface area contributed by atoms with Crippen molar-refractivity contribution < 1.29 is 14.3 Å². The fourth-order valence-electron chi connectivity index (χ4n) is 3.61. The molecule has 0 spiro atoms. The third kappa shape index (κ3) is 5.11. The van der Waals surface area contributed by atoms with Gasteiger partial charge in [-0.15, -0.1) is 12.4 Å². The zero-order chi connectivity index (χ0) is 17.6. The molecule has 0 aliphatic carbocycles. The fraction of sp³-hybridized carbons (Fsp3) is 0.579. The van der Waals surface area contributed by atoms with Crippen molar-refractivity contribution in [1.29, 1.82) is 0 Å². The summed E-state index contributed by atoms with van der Waals surface area (Å²) in [5.74, 6) is 0.216. The van der Waals surface area contributed by atoms with Crippen molar-refractivity contribution in [1.82, 2.24) is 9.80 Å². The lowest BCUT2D eigenvalue weighted by molar-refractivity contribution is -0.144. The number of rotatable bonds is 4. The van der Waals surface area contributed by atoms with Crippen molar-refractivity contribution in [2.45, 2.75) is 25.7 Å². The normalized spacial score (nSPS) is 20.4. The predicted molar refractivity (Wildman–Crippen MR) is 103 cm³/mol. The number of anilines is 1. The zero-order valence-corrected chi connectivity index (χ0v) is 15.9. The Hall–Kier alpha value is -1.79. The Morgan fingerprint density at radius 1 is 1.12 bits per heavy atom. The summed E-state index contributed by atoms with van der Waals surface area (Å²) < 4.78 is 5.31. The highest BCUT2D eigenvalue weighted by Gasteiger charge is 2.31. The fourth-order valence-corrected chi connectivity index (χ4v) is 3.61. The maximum atomic E-state index is 12.7. The van der Waals surface area contributed by atoms with Crippen LogP contribution in [-0.4, -0.2) is 61.0 Å². The molecule has 2 aliphatic rings. The molecular weight excluding hydrogens is 354 g/mol. The minimum Gasteiger partial charge on any atom is -0.399 e. The van der Waals surface area contributed by atoms with Gasteiger partial charge in [0.05, 0.1) is 19.1 Å². The van der Waals surface area contributed by atoms with Gasteiger partial charge in [-0.1, -0.05) is 18.2 Å². The van der Waals surface area contributed by atoms with Crippen molar-refractivity contribution in [3.8, 4) is 0 Å². The number of hydrogen-bond donors (Lipinski definition) is 1. The van der Waals surface area contributed by atoms with E-state index in [1.54, 1.807) is 0 Å². The lowest BCUT2D eigenvalue weighted by Crippen LogP contribution is -2.49. The Kier molecular flexibility index (Phi) is 7.72. The van der Waals surface area contributed by atoms with Crippen LogP contribution in [0.25, 0.3) is 0 Å². The number of halogens is 1. The second kappa shape index (κ2) is 9.78. The summed E-state index contributed by atoms with van der Waals surface area (Å²) >= 11 is 0. The topological polar surface area (TPSA) is 75.9 Å². The lowest BCUT2D eigenvalue weighted by Gasteiger charge is -2.36. The molecule has 2 N–H and O–H groups in total. The Morgan fingerprint density at radius 3 is 2.58 bits per heavy atom. The minimum absolute atomic E-state index is 0. The number of amides is 2. The van der Waals surface area contributed by atoms with Gasteiger partial charge in [0, 0.05) is 38.3 Å². The van der Waals surface area contributed by atoms with Crippen LogP contribution in [0.3, 0.4) is 0 Å². The number of ether oxygens (including phenoxy) is 1. The van der Waals surface area contributed by atoms with Gasteiger partial charge in [0.1, 0.15) is 0 Å². The van der Waals surface area contributed by atoms with Crippen molar-refractivity contribution in [2.24, 2.45) is 5.92 Å². The summed E-state index contributed by atoms with van der Waals surface area (Å²) in [7, 11) is 0. The molecule has 2 fully saturated rings. The third-order valence-corrected chi connectivity index (χ3v) is 5.11. The summed E-state index contributed by atoms with van der Waals surface area (Å²) in [6.45, 7) is 3.83. The average Bonchev–Trinajstić information content (AvgIpc) is 2.67. The number of hydrogen-bond acceptors (Lipinski definition) is 4. The molecule has 0 radical (unpaired) electrons. The van der Waals surface area contributed by atoms with Crippen LogP contribution in [0.1, 0.15) is 24.8 Å². The molecule has 6 nitrogen and oxygen atoms in total. The van der Waals surface area contributed by atoms with Gasteiger partial charge >= 0.3 is 0 Å². The second-order valence-electron chi connectivity index (χ2n) is 6.82. The van der Waals surface area contributed by atoms with Crippen LogP contribution in [-0.2, 0) is 20.7 Å². The van der Waals surface area contributed by atoms with Crippen LogP contribution in [0, 0.1) is 5.92 Å². The van der Waals surface area contributed by atoms with E-state index in [0.29, 0.717) is 45.7 Å². The second-order valence-corrected chi connectivity index (χ2v) is 6.82. The van der Waals surface area contributed by atoms with Crippen molar-refractivity contribution >= 4 is 29.9 Å². The minimum atomic E-state index is -0.0717. The smallest absolute Gasteiger partial charge is 0.227 e. The predicted octanol–water partition coefficient (Wildman–Crippen LogP) is 1.72. The summed E-state index contributed by atoms with van der Waals surface area (Å²) in [4.78, 5) is 29.0. The molecule has 1 unspecified atom stereocenters. The molecule has 2 aliphatic heterocycles. The SMILES string of the molecule is Cl.Nc1ccccc1CCC(=O)N1CCCC(C(=O)N2CCOCC2)C1. The first kappa shape index (κ1) is 20.5. The number of likely N-dealkylation sites (tertiary alicyclic amines) is 1. The van der Waals surface area contributed by atoms with E-state index in [2.05, 4.69) is 0 Å². The van der Waals surface area contributed by atoms with Crippen LogP contribution >= 0.6 is 12.4 Å². The molecule has 1 aromatic carbocycles. The van der Waals surface area contributed by atoms with Crippen molar-refractivity contribution in [2.75, 3.05) is 45.1 Å². The highest BCUT2D eigenvalue weighted by atomic mass is 35.5. The number of morpholine rings is 1. The molecule has 2 saturated heterocycles. The van der Waals surface area contributed by atoms with Gasteiger partial charge in [-0.3, -0.25) is 9.59 Å². The van der Waals surface area contributed by atoms with E-state index in [9.17, 15) is 9.59 Å². The molecule has 0 bridgehead atoms. The average molecular weight is 382 g/mol. The maximum Gasteiger partial charge on any atom is 0.227 e. The molecule has 7 heteroatoms. The number of carbonyl (C=O) groups excluding carboxylic acids is 2. The van der Waals surface area contributed by atoms with Crippen LogP contribution in [0.15, 0.2) is 24.3 Å². The van der Waals surface area contributed by atoms with E-state index in [1.807, 2.05) is 34.1 Å². The largest absolute Gasteiger partial charge is 0.399 e. The molecule has 3 rings (SSSR count).